The standard InChI is InChI=1S/C18H23N5O2/c1-4-21-14-7-5-6-8-15(14)22(18(21)25)12-10-17(24)20-16-9-11-19-23(16)13(2)3/h5-9,11,13H,4,10,12H2,1-3H3,(H,20,24). The van der Waals surface area contributed by atoms with Gasteiger partial charge >= 0.3 is 5.69 Å². The molecule has 0 saturated heterocycles. The van der Waals surface area contributed by atoms with E-state index in [0.717, 1.165) is 11.0 Å². The highest BCUT2D eigenvalue weighted by molar-refractivity contribution is 5.89. The van der Waals surface area contributed by atoms with Crippen LogP contribution < -0.4 is 11.0 Å². The minimum absolute atomic E-state index is 0.0799. The predicted octanol–water partition coefficient (Wildman–Crippen LogP) is 2.63. The number of para-hydroxylation sites is 2. The molecular weight excluding hydrogens is 318 g/mol. The molecule has 0 aliphatic rings. The Balaban J connectivity index is 1.77. The van der Waals surface area contributed by atoms with Crippen LogP contribution in [0.2, 0.25) is 0 Å². The topological polar surface area (TPSA) is 73.8 Å². The van der Waals surface area contributed by atoms with Gasteiger partial charge in [0.15, 0.2) is 0 Å². The number of benzene rings is 1. The molecule has 1 aromatic carbocycles. The van der Waals surface area contributed by atoms with E-state index < -0.39 is 0 Å². The molecule has 0 aliphatic carbocycles. The average molecular weight is 341 g/mol. The maximum Gasteiger partial charge on any atom is 0.329 e. The first-order valence-corrected chi connectivity index (χ1v) is 8.54. The fourth-order valence-corrected chi connectivity index (χ4v) is 3.04. The Kier molecular flexibility index (Phi) is 4.74. The lowest BCUT2D eigenvalue weighted by atomic mass is 10.3. The van der Waals surface area contributed by atoms with Crippen LogP contribution in [0.15, 0.2) is 41.3 Å². The van der Waals surface area contributed by atoms with Crippen molar-refractivity contribution in [2.24, 2.45) is 0 Å². The number of nitrogens with one attached hydrogen (secondary N) is 1. The third-order valence-electron chi connectivity index (χ3n) is 4.23. The highest BCUT2D eigenvalue weighted by Gasteiger charge is 2.14. The van der Waals surface area contributed by atoms with Gasteiger partial charge in [0.05, 0.1) is 17.2 Å². The second-order valence-electron chi connectivity index (χ2n) is 6.22. The van der Waals surface area contributed by atoms with E-state index in [1.54, 1.807) is 26.1 Å². The number of aromatic nitrogens is 4. The van der Waals surface area contributed by atoms with Gasteiger partial charge in [-0.05, 0) is 32.9 Å². The SMILES string of the molecule is CCn1c(=O)n(CCC(=O)Nc2ccnn2C(C)C)c2ccccc21. The molecule has 25 heavy (non-hydrogen) atoms. The summed E-state index contributed by atoms with van der Waals surface area (Å²) in [6.45, 7) is 6.89. The van der Waals surface area contributed by atoms with Crippen molar-refractivity contribution in [3.05, 3.63) is 47.0 Å². The van der Waals surface area contributed by atoms with Gasteiger partial charge in [-0.25, -0.2) is 9.48 Å². The van der Waals surface area contributed by atoms with Crippen LogP contribution in [0.3, 0.4) is 0 Å². The van der Waals surface area contributed by atoms with Crippen molar-refractivity contribution in [3.63, 3.8) is 0 Å². The normalized spacial score (nSPS) is 11.4. The summed E-state index contributed by atoms with van der Waals surface area (Å²) in [6, 6.07) is 9.59. The molecule has 1 amide bonds. The van der Waals surface area contributed by atoms with Crippen LogP contribution >= 0.6 is 0 Å². The largest absolute Gasteiger partial charge is 0.329 e. The summed E-state index contributed by atoms with van der Waals surface area (Å²) in [4.78, 5) is 24.9. The summed E-state index contributed by atoms with van der Waals surface area (Å²) in [6.07, 6.45) is 1.88. The molecule has 2 aromatic heterocycles. The molecule has 2 heterocycles. The lowest BCUT2D eigenvalue weighted by molar-refractivity contribution is -0.116. The van der Waals surface area contributed by atoms with Crippen molar-refractivity contribution in [2.75, 3.05) is 5.32 Å². The lowest BCUT2D eigenvalue weighted by Gasteiger charge is -2.11. The first-order valence-electron chi connectivity index (χ1n) is 8.54. The monoisotopic (exact) mass is 341 g/mol. The summed E-state index contributed by atoms with van der Waals surface area (Å²) < 4.78 is 5.15. The minimum Gasteiger partial charge on any atom is -0.311 e. The van der Waals surface area contributed by atoms with E-state index in [9.17, 15) is 9.59 Å². The molecule has 0 radical (unpaired) electrons. The van der Waals surface area contributed by atoms with Crippen molar-refractivity contribution < 1.29 is 4.79 Å². The van der Waals surface area contributed by atoms with Gasteiger partial charge in [0.1, 0.15) is 5.82 Å². The number of carbonyl (C=O) groups excluding carboxylic acids is 1. The first kappa shape index (κ1) is 17.0. The van der Waals surface area contributed by atoms with E-state index in [0.29, 0.717) is 18.9 Å². The highest BCUT2D eigenvalue weighted by Crippen LogP contribution is 2.15. The van der Waals surface area contributed by atoms with Crippen LogP contribution in [0.4, 0.5) is 5.82 Å². The molecule has 7 nitrogen and oxygen atoms in total. The van der Waals surface area contributed by atoms with Crippen LogP contribution in [-0.4, -0.2) is 24.8 Å². The quantitative estimate of drug-likeness (QED) is 0.749. The van der Waals surface area contributed by atoms with Crippen molar-refractivity contribution >= 4 is 22.8 Å². The summed E-state index contributed by atoms with van der Waals surface area (Å²) >= 11 is 0. The fourth-order valence-electron chi connectivity index (χ4n) is 3.04. The van der Waals surface area contributed by atoms with Crippen molar-refractivity contribution in [1.29, 1.82) is 0 Å². The maximum atomic E-state index is 12.6. The Hall–Kier alpha value is -2.83. The summed E-state index contributed by atoms with van der Waals surface area (Å²) in [5.41, 5.74) is 1.67. The number of hydrogen-bond acceptors (Lipinski definition) is 3. The molecule has 7 heteroatoms. The van der Waals surface area contributed by atoms with Gasteiger partial charge in [-0.3, -0.25) is 13.9 Å². The number of nitrogens with zero attached hydrogens (tertiary/aromatic N) is 4. The lowest BCUT2D eigenvalue weighted by Crippen LogP contribution is -2.26. The van der Waals surface area contributed by atoms with E-state index in [-0.39, 0.29) is 24.1 Å². The second-order valence-corrected chi connectivity index (χ2v) is 6.22. The van der Waals surface area contributed by atoms with Crippen molar-refractivity contribution in [2.45, 2.75) is 46.3 Å². The predicted molar refractivity (Wildman–Crippen MR) is 97.7 cm³/mol. The van der Waals surface area contributed by atoms with E-state index in [1.165, 1.54) is 0 Å². The molecule has 0 atom stereocenters. The van der Waals surface area contributed by atoms with Gasteiger partial charge in [0.2, 0.25) is 5.91 Å². The van der Waals surface area contributed by atoms with Gasteiger partial charge in [0.25, 0.3) is 0 Å². The number of rotatable bonds is 6. The number of imidazole rings is 1. The zero-order valence-electron chi connectivity index (χ0n) is 14.8. The Morgan fingerprint density at radius 1 is 1.16 bits per heavy atom. The number of fused-ring (bicyclic) bond motifs is 1. The second kappa shape index (κ2) is 6.96. The smallest absolute Gasteiger partial charge is 0.311 e. The Bertz CT molecular complexity index is 948. The summed E-state index contributed by atoms with van der Waals surface area (Å²) in [5.74, 6) is 0.533. The van der Waals surface area contributed by atoms with Crippen LogP contribution in [0, 0.1) is 0 Å². The van der Waals surface area contributed by atoms with E-state index in [2.05, 4.69) is 10.4 Å². The van der Waals surface area contributed by atoms with Gasteiger partial charge in [0, 0.05) is 31.6 Å². The number of hydrogen-bond donors (Lipinski definition) is 1. The minimum atomic E-state index is -0.136. The molecule has 0 bridgehead atoms. The van der Waals surface area contributed by atoms with Crippen LogP contribution in [-0.2, 0) is 17.9 Å². The first-order chi connectivity index (χ1) is 12.0. The molecule has 0 fully saturated rings. The average Bonchev–Trinajstić information content (AvgIpc) is 3.15. The van der Waals surface area contributed by atoms with Gasteiger partial charge in [-0.15, -0.1) is 0 Å². The van der Waals surface area contributed by atoms with Crippen LogP contribution in [0.25, 0.3) is 11.0 Å². The summed E-state index contributed by atoms with van der Waals surface area (Å²) in [5, 5.41) is 7.07. The summed E-state index contributed by atoms with van der Waals surface area (Å²) in [7, 11) is 0. The van der Waals surface area contributed by atoms with Crippen LogP contribution in [0.5, 0.6) is 0 Å². The molecule has 3 aromatic rings. The number of anilines is 1. The van der Waals surface area contributed by atoms with Crippen LogP contribution in [0.1, 0.15) is 33.2 Å². The third-order valence-corrected chi connectivity index (χ3v) is 4.23. The zero-order valence-corrected chi connectivity index (χ0v) is 14.8. The van der Waals surface area contributed by atoms with Gasteiger partial charge in [-0.1, -0.05) is 12.1 Å². The van der Waals surface area contributed by atoms with Gasteiger partial charge in [-0.2, -0.15) is 5.10 Å². The molecule has 132 valence electrons. The third kappa shape index (κ3) is 3.22. The molecule has 1 N–H and O–H groups in total. The Morgan fingerprint density at radius 3 is 2.48 bits per heavy atom. The van der Waals surface area contributed by atoms with E-state index in [4.69, 9.17) is 0 Å². The number of aryl methyl sites for hydroxylation is 2. The molecule has 3 rings (SSSR count). The van der Waals surface area contributed by atoms with E-state index in [1.807, 2.05) is 45.0 Å². The van der Waals surface area contributed by atoms with E-state index >= 15 is 0 Å². The molecule has 0 spiro atoms. The molecule has 0 unspecified atom stereocenters. The zero-order chi connectivity index (χ0) is 18.0. The van der Waals surface area contributed by atoms with Gasteiger partial charge < -0.3 is 5.32 Å². The molecular formula is C18H23N5O2. The Labute approximate surface area is 145 Å². The van der Waals surface area contributed by atoms with Crippen molar-refractivity contribution in [3.8, 4) is 0 Å². The fraction of sp³-hybridized carbons (Fsp3) is 0.389. The molecule has 0 saturated carbocycles. The van der Waals surface area contributed by atoms with Crippen molar-refractivity contribution in [1.82, 2.24) is 18.9 Å². The highest BCUT2D eigenvalue weighted by atomic mass is 16.2. The number of carbonyl (C=O) groups is 1. The Morgan fingerprint density at radius 2 is 1.84 bits per heavy atom. The molecule has 0 aliphatic heterocycles. The maximum absolute atomic E-state index is 12.6. The number of amides is 1.